The van der Waals surface area contributed by atoms with Crippen LogP contribution in [0, 0.1) is 0 Å². The smallest absolute Gasteiger partial charge is 0.323 e. The highest BCUT2D eigenvalue weighted by atomic mass is 16.5. The molecule has 0 aliphatic carbocycles. The Hall–Kier alpha value is -0.650. The van der Waals surface area contributed by atoms with E-state index in [4.69, 9.17) is 9.84 Å². The maximum Gasteiger partial charge on any atom is 0.323 e. The molecule has 0 saturated carbocycles. The molecule has 94 valence electrons. The molecule has 0 spiro atoms. The fourth-order valence-corrected chi connectivity index (χ4v) is 2.08. The van der Waals surface area contributed by atoms with Crippen LogP contribution in [0.25, 0.3) is 0 Å². The zero-order valence-electron chi connectivity index (χ0n) is 10.3. The highest BCUT2D eigenvalue weighted by Crippen LogP contribution is 2.15. The van der Waals surface area contributed by atoms with Crippen LogP contribution in [0.1, 0.15) is 19.8 Å². The predicted molar refractivity (Wildman–Crippen MR) is 61.5 cm³/mol. The monoisotopic (exact) mass is 230 g/mol. The maximum atomic E-state index is 11.0. The molecular weight excluding hydrogens is 208 g/mol. The number of carbonyl (C=O) groups is 1. The Morgan fingerprint density at radius 1 is 1.69 bits per heavy atom. The molecule has 5 heteroatoms. The van der Waals surface area contributed by atoms with Crippen molar-refractivity contribution < 1.29 is 14.6 Å². The lowest BCUT2D eigenvalue weighted by Gasteiger charge is -2.36. The molecule has 0 aromatic heterocycles. The van der Waals surface area contributed by atoms with Crippen LogP contribution in [-0.2, 0) is 9.53 Å². The second-order valence-corrected chi connectivity index (χ2v) is 4.56. The van der Waals surface area contributed by atoms with Crippen LogP contribution in [-0.4, -0.2) is 61.4 Å². The summed E-state index contributed by atoms with van der Waals surface area (Å²) in [7, 11) is 3.62. The van der Waals surface area contributed by atoms with Crippen LogP contribution in [0.15, 0.2) is 0 Å². The lowest BCUT2D eigenvalue weighted by Crippen LogP contribution is -2.52. The van der Waals surface area contributed by atoms with E-state index in [0.29, 0.717) is 6.04 Å². The van der Waals surface area contributed by atoms with E-state index in [9.17, 15) is 4.79 Å². The van der Waals surface area contributed by atoms with E-state index >= 15 is 0 Å². The number of hydrogen-bond donors (Lipinski definition) is 2. The fraction of sp³-hybridized carbons (Fsp3) is 0.909. The number of piperidine rings is 1. The number of ether oxygens (including phenoxy) is 1. The average molecular weight is 230 g/mol. The van der Waals surface area contributed by atoms with Crippen molar-refractivity contribution in [2.24, 2.45) is 0 Å². The van der Waals surface area contributed by atoms with Crippen LogP contribution in [0.3, 0.4) is 0 Å². The molecule has 0 aromatic carbocycles. The lowest BCUT2D eigenvalue weighted by atomic mass is 9.98. The number of aliphatic carboxylic acids is 1. The topological polar surface area (TPSA) is 61.8 Å². The van der Waals surface area contributed by atoms with Crippen molar-refractivity contribution in [3.8, 4) is 0 Å². The van der Waals surface area contributed by atoms with E-state index in [-0.39, 0.29) is 12.6 Å². The van der Waals surface area contributed by atoms with Crippen LogP contribution in [0.2, 0.25) is 0 Å². The van der Waals surface area contributed by atoms with Gasteiger partial charge in [-0.05, 0) is 33.4 Å². The SMILES string of the molecule is COCC(NC1CCN(C)C(C)C1)C(=O)O. The molecule has 0 aromatic rings. The molecule has 16 heavy (non-hydrogen) atoms. The molecule has 3 atom stereocenters. The Labute approximate surface area is 96.8 Å². The first-order valence-corrected chi connectivity index (χ1v) is 5.72. The predicted octanol–water partition coefficient (Wildman–Crippen LogP) is 0.158. The van der Waals surface area contributed by atoms with Gasteiger partial charge >= 0.3 is 5.97 Å². The standard InChI is InChI=1S/C11H22N2O3/c1-8-6-9(4-5-13(8)2)12-10(7-16-3)11(14)15/h8-10,12H,4-7H2,1-3H3,(H,14,15). The average Bonchev–Trinajstić information content (AvgIpc) is 2.22. The Morgan fingerprint density at radius 3 is 2.88 bits per heavy atom. The first-order chi connectivity index (χ1) is 7.54. The summed E-state index contributed by atoms with van der Waals surface area (Å²) in [5, 5.41) is 12.2. The lowest BCUT2D eigenvalue weighted by molar-refractivity contribution is -0.141. The number of nitrogens with zero attached hydrogens (tertiary/aromatic N) is 1. The van der Waals surface area contributed by atoms with Gasteiger partial charge in [-0.15, -0.1) is 0 Å². The van der Waals surface area contributed by atoms with Gasteiger partial charge in [-0.3, -0.25) is 10.1 Å². The Balaban J connectivity index is 2.43. The quantitative estimate of drug-likeness (QED) is 0.704. The third kappa shape index (κ3) is 3.73. The fourth-order valence-electron chi connectivity index (χ4n) is 2.08. The summed E-state index contributed by atoms with van der Waals surface area (Å²) < 4.78 is 4.90. The first kappa shape index (κ1) is 13.4. The highest BCUT2D eigenvalue weighted by Gasteiger charge is 2.27. The van der Waals surface area contributed by atoms with Gasteiger partial charge < -0.3 is 14.7 Å². The van der Waals surface area contributed by atoms with Crippen molar-refractivity contribution in [3.05, 3.63) is 0 Å². The van der Waals surface area contributed by atoms with Crippen LogP contribution < -0.4 is 5.32 Å². The zero-order valence-corrected chi connectivity index (χ0v) is 10.3. The van der Waals surface area contributed by atoms with E-state index in [0.717, 1.165) is 19.4 Å². The van der Waals surface area contributed by atoms with Crippen molar-refractivity contribution in [2.45, 2.75) is 37.9 Å². The summed E-state index contributed by atoms with van der Waals surface area (Å²) in [6.45, 7) is 3.40. The van der Waals surface area contributed by atoms with Crippen molar-refractivity contribution in [1.82, 2.24) is 10.2 Å². The van der Waals surface area contributed by atoms with Gasteiger partial charge in [-0.1, -0.05) is 0 Å². The van der Waals surface area contributed by atoms with Crippen molar-refractivity contribution >= 4 is 5.97 Å². The van der Waals surface area contributed by atoms with Gasteiger partial charge in [0.15, 0.2) is 0 Å². The molecule has 1 rings (SSSR count). The van der Waals surface area contributed by atoms with Crippen molar-refractivity contribution in [2.75, 3.05) is 27.3 Å². The minimum absolute atomic E-state index is 0.218. The van der Waals surface area contributed by atoms with Gasteiger partial charge in [0.05, 0.1) is 6.61 Å². The highest BCUT2D eigenvalue weighted by molar-refractivity contribution is 5.73. The Bertz CT molecular complexity index is 235. The van der Waals surface area contributed by atoms with Crippen LogP contribution in [0.4, 0.5) is 0 Å². The number of carboxylic acid groups (broad SMARTS) is 1. The third-order valence-corrected chi connectivity index (χ3v) is 3.28. The summed E-state index contributed by atoms with van der Waals surface area (Å²) in [4.78, 5) is 13.3. The number of hydrogen-bond acceptors (Lipinski definition) is 4. The zero-order chi connectivity index (χ0) is 12.1. The maximum absolute atomic E-state index is 11.0. The van der Waals surface area contributed by atoms with E-state index in [1.54, 1.807) is 0 Å². The van der Waals surface area contributed by atoms with Gasteiger partial charge in [-0.25, -0.2) is 0 Å². The van der Waals surface area contributed by atoms with Crippen molar-refractivity contribution in [1.29, 1.82) is 0 Å². The molecule has 3 unspecified atom stereocenters. The summed E-state index contributed by atoms with van der Waals surface area (Å²) in [6, 6.07) is 0.191. The van der Waals surface area contributed by atoms with Crippen molar-refractivity contribution in [3.63, 3.8) is 0 Å². The molecule has 0 radical (unpaired) electrons. The van der Waals surface area contributed by atoms with E-state index in [1.165, 1.54) is 7.11 Å². The molecule has 1 heterocycles. The molecule has 1 fully saturated rings. The summed E-state index contributed by atoms with van der Waals surface area (Å²) >= 11 is 0. The van der Waals surface area contributed by atoms with Gasteiger partial charge in [0, 0.05) is 19.2 Å². The normalized spacial score (nSPS) is 28.9. The number of methoxy groups -OCH3 is 1. The third-order valence-electron chi connectivity index (χ3n) is 3.28. The largest absolute Gasteiger partial charge is 0.480 e. The number of likely N-dealkylation sites (tertiary alicyclic amines) is 1. The second-order valence-electron chi connectivity index (χ2n) is 4.56. The molecule has 1 aliphatic rings. The summed E-state index contributed by atoms with van der Waals surface area (Å²) in [5.41, 5.74) is 0. The van der Waals surface area contributed by atoms with Gasteiger partial charge in [0.1, 0.15) is 6.04 Å². The first-order valence-electron chi connectivity index (χ1n) is 5.72. The Morgan fingerprint density at radius 2 is 2.38 bits per heavy atom. The number of carboxylic acids is 1. The molecule has 0 bridgehead atoms. The summed E-state index contributed by atoms with van der Waals surface area (Å²) in [6.07, 6.45) is 1.98. The van der Waals surface area contributed by atoms with Crippen LogP contribution in [0.5, 0.6) is 0 Å². The van der Waals surface area contributed by atoms with Gasteiger partial charge in [0.2, 0.25) is 0 Å². The van der Waals surface area contributed by atoms with Gasteiger partial charge in [-0.2, -0.15) is 0 Å². The minimum Gasteiger partial charge on any atom is -0.480 e. The molecule has 1 aliphatic heterocycles. The Kier molecular flexibility index (Phi) is 5.18. The number of nitrogens with one attached hydrogen (secondary N) is 1. The molecule has 5 nitrogen and oxygen atoms in total. The minimum atomic E-state index is -0.839. The van der Waals surface area contributed by atoms with E-state index in [1.807, 2.05) is 0 Å². The van der Waals surface area contributed by atoms with E-state index < -0.39 is 12.0 Å². The number of rotatable bonds is 5. The molecule has 0 amide bonds. The summed E-state index contributed by atoms with van der Waals surface area (Å²) in [5.74, 6) is -0.839. The molecular formula is C11H22N2O3. The van der Waals surface area contributed by atoms with Crippen LogP contribution >= 0.6 is 0 Å². The van der Waals surface area contributed by atoms with Gasteiger partial charge in [0.25, 0.3) is 0 Å². The molecule has 1 saturated heterocycles. The van der Waals surface area contributed by atoms with E-state index in [2.05, 4.69) is 24.2 Å². The molecule has 2 N–H and O–H groups in total. The second kappa shape index (κ2) is 6.18.